The van der Waals surface area contributed by atoms with E-state index in [-0.39, 0.29) is 5.91 Å². The number of thioether (sulfide) groups is 1. The first kappa shape index (κ1) is 21.3. The number of benzene rings is 2. The molecule has 1 amide bonds. The van der Waals surface area contributed by atoms with Crippen molar-refractivity contribution in [3.63, 3.8) is 0 Å². The Bertz CT molecular complexity index is 1250. The molecule has 162 valence electrons. The zero-order chi connectivity index (χ0) is 22.1. The van der Waals surface area contributed by atoms with Gasteiger partial charge < -0.3 is 10.6 Å². The van der Waals surface area contributed by atoms with E-state index in [9.17, 15) is 4.79 Å². The number of anilines is 2. The summed E-state index contributed by atoms with van der Waals surface area (Å²) in [5.74, 6) is 0.583. The summed E-state index contributed by atoms with van der Waals surface area (Å²) in [6.07, 6.45) is 7.57. The second-order valence-electron chi connectivity index (χ2n) is 7.85. The van der Waals surface area contributed by atoms with Gasteiger partial charge in [-0.3, -0.25) is 9.78 Å². The summed E-state index contributed by atoms with van der Waals surface area (Å²) in [7, 11) is 0. The lowest BCUT2D eigenvalue weighted by atomic mass is 10.1. The van der Waals surface area contributed by atoms with E-state index in [2.05, 4.69) is 26.7 Å². The van der Waals surface area contributed by atoms with Gasteiger partial charge in [-0.15, -0.1) is 0 Å². The normalized spacial score (nSPS) is 17.1. The van der Waals surface area contributed by atoms with Crippen LogP contribution in [0.2, 0.25) is 10.0 Å². The molecule has 3 aromatic rings. The number of nitrogens with zero attached hydrogens (tertiary/aromatic N) is 2. The van der Waals surface area contributed by atoms with Crippen molar-refractivity contribution in [3.8, 4) is 0 Å². The quantitative estimate of drug-likeness (QED) is 0.376. The third-order valence-corrected chi connectivity index (χ3v) is 6.97. The van der Waals surface area contributed by atoms with Crippen LogP contribution in [-0.2, 0) is 4.79 Å². The molecule has 0 spiro atoms. The average molecular weight is 483 g/mol. The molecule has 2 aliphatic rings. The molecule has 1 aromatic heterocycles. The van der Waals surface area contributed by atoms with Gasteiger partial charge in [0.2, 0.25) is 0 Å². The molecule has 0 unspecified atom stereocenters. The third-order valence-electron chi connectivity index (χ3n) is 5.44. The largest absolute Gasteiger partial charge is 0.384 e. The molecule has 1 fully saturated rings. The number of amides is 1. The maximum absolute atomic E-state index is 12.5. The van der Waals surface area contributed by atoms with Gasteiger partial charge in [-0.05, 0) is 66.1 Å². The van der Waals surface area contributed by atoms with Gasteiger partial charge in [0.1, 0.15) is 0 Å². The summed E-state index contributed by atoms with van der Waals surface area (Å²) in [6.45, 7) is 0.955. The van der Waals surface area contributed by atoms with Crippen molar-refractivity contribution in [1.29, 1.82) is 0 Å². The number of carbonyl (C=O) groups is 1. The van der Waals surface area contributed by atoms with Crippen LogP contribution in [-0.4, -0.2) is 22.6 Å². The number of carbonyl (C=O) groups excluding carboxylic acids is 1. The zero-order valence-corrected chi connectivity index (χ0v) is 19.4. The van der Waals surface area contributed by atoms with Crippen LogP contribution in [0.15, 0.2) is 58.6 Å². The Morgan fingerprint density at radius 2 is 1.94 bits per heavy atom. The first-order valence-electron chi connectivity index (χ1n) is 10.4. The monoisotopic (exact) mass is 482 g/mol. The van der Waals surface area contributed by atoms with E-state index in [0.29, 0.717) is 25.8 Å². The number of halogens is 2. The van der Waals surface area contributed by atoms with E-state index in [0.717, 1.165) is 34.6 Å². The molecule has 2 aromatic carbocycles. The maximum Gasteiger partial charge on any atom is 0.286 e. The van der Waals surface area contributed by atoms with Gasteiger partial charge in [-0.25, -0.2) is 0 Å². The number of rotatable bonds is 6. The Kier molecular flexibility index (Phi) is 6.09. The van der Waals surface area contributed by atoms with E-state index in [1.54, 1.807) is 18.2 Å². The lowest BCUT2D eigenvalue weighted by Gasteiger charge is -2.10. The predicted molar refractivity (Wildman–Crippen MR) is 136 cm³/mol. The fraction of sp³-hybridized carbons (Fsp3) is 0.208. The first-order valence-corrected chi connectivity index (χ1v) is 12.0. The fourth-order valence-corrected chi connectivity index (χ4v) is 4.87. The summed E-state index contributed by atoms with van der Waals surface area (Å²) in [4.78, 5) is 21.6. The van der Waals surface area contributed by atoms with Crippen LogP contribution in [0.1, 0.15) is 24.8 Å². The Morgan fingerprint density at radius 1 is 1.12 bits per heavy atom. The minimum Gasteiger partial charge on any atom is -0.384 e. The molecular formula is C24H20Cl2N4OS. The number of aromatic nitrogens is 1. The molecule has 2 heterocycles. The van der Waals surface area contributed by atoms with Gasteiger partial charge in [0, 0.05) is 23.8 Å². The second-order valence-corrected chi connectivity index (χ2v) is 9.69. The molecule has 1 aliphatic heterocycles. The highest BCUT2D eigenvalue weighted by atomic mass is 35.5. The summed E-state index contributed by atoms with van der Waals surface area (Å²) in [5.41, 5.74) is 3.43. The summed E-state index contributed by atoms with van der Waals surface area (Å²) >= 11 is 13.7. The Balaban J connectivity index is 1.35. The highest BCUT2D eigenvalue weighted by Gasteiger charge is 2.23. The Labute approximate surface area is 200 Å². The first-order chi connectivity index (χ1) is 15.6. The molecule has 0 bridgehead atoms. The fourth-order valence-electron chi connectivity index (χ4n) is 3.56. The van der Waals surface area contributed by atoms with Crippen molar-refractivity contribution >= 4 is 74.4 Å². The number of hydrogen-bond donors (Lipinski definition) is 2. The molecule has 8 heteroatoms. The lowest BCUT2D eigenvalue weighted by Crippen LogP contribution is -2.05. The topological polar surface area (TPSA) is 66.4 Å². The molecule has 0 saturated heterocycles. The Morgan fingerprint density at radius 3 is 2.72 bits per heavy atom. The standard InChI is InChI=1S/C24H20Cl2N4OS/c25-17-2-1-3-18(26)22(17)29-24-30-23(31)21(32-24)13-15-6-7-19-16(12-15)20(9-11-28-19)27-10-8-14-4-5-14/h1-3,6-7,9,11-14H,4-5,8,10H2,(H,27,28)(H,29,30,31)/b21-13-. The van der Waals surface area contributed by atoms with Gasteiger partial charge >= 0.3 is 0 Å². The average Bonchev–Trinajstić information content (AvgIpc) is 3.54. The molecule has 32 heavy (non-hydrogen) atoms. The van der Waals surface area contributed by atoms with Crippen molar-refractivity contribution in [1.82, 2.24) is 4.98 Å². The number of amidine groups is 1. The van der Waals surface area contributed by atoms with Crippen LogP contribution in [0.3, 0.4) is 0 Å². The van der Waals surface area contributed by atoms with E-state index >= 15 is 0 Å². The Hall–Kier alpha value is -2.54. The highest BCUT2D eigenvalue weighted by molar-refractivity contribution is 8.18. The predicted octanol–water partition coefficient (Wildman–Crippen LogP) is 6.84. The molecule has 5 nitrogen and oxygen atoms in total. The van der Waals surface area contributed by atoms with Crippen LogP contribution in [0.4, 0.5) is 11.4 Å². The van der Waals surface area contributed by atoms with Crippen LogP contribution >= 0.6 is 35.0 Å². The number of hydrogen-bond acceptors (Lipinski definition) is 5. The number of aliphatic imine (C=N–C) groups is 1. The third kappa shape index (κ3) is 4.77. The maximum atomic E-state index is 12.5. The van der Waals surface area contributed by atoms with Crippen LogP contribution in [0.5, 0.6) is 0 Å². The van der Waals surface area contributed by atoms with Gasteiger partial charge in [0.25, 0.3) is 5.91 Å². The molecule has 0 atom stereocenters. The van der Waals surface area contributed by atoms with Crippen molar-refractivity contribution in [2.24, 2.45) is 10.9 Å². The molecule has 2 N–H and O–H groups in total. The van der Waals surface area contributed by atoms with E-state index in [1.807, 2.05) is 30.5 Å². The molecular weight excluding hydrogens is 463 g/mol. The number of pyridine rings is 1. The van der Waals surface area contributed by atoms with E-state index in [1.165, 1.54) is 31.0 Å². The van der Waals surface area contributed by atoms with Gasteiger partial charge in [-0.1, -0.05) is 48.2 Å². The van der Waals surface area contributed by atoms with E-state index < -0.39 is 0 Å². The minimum atomic E-state index is -0.297. The van der Waals surface area contributed by atoms with Crippen molar-refractivity contribution in [2.75, 3.05) is 17.2 Å². The summed E-state index contributed by atoms with van der Waals surface area (Å²) in [5, 5.41) is 9.03. The van der Waals surface area contributed by atoms with Crippen LogP contribution in [0, 0.1) is 5.92 Å². The van der Waals surface area contributed by atoms with Crippen LogP contribution < -0.4 is 10.6 Å². The number of fused-ring (bicyclic) bond motifs is 1. The van der Waals surface area contributed by atoms with Crippen molar-refractivity contribution < 1.29 is 4.79 Å². The zero-order valence-electron chi connectivity index (χ0n) is 17.1. The van der Waals surface area contributed by atoms with E-state index in [4.69, 9.17) is 23.2 Å². The molecule has 1 saturated carbocycles. The van der Waals surface area contributed by atoms with Gasteiger partial charge in [0.15, 0.2) is 5.17 Å². The number of para-hydroxylation sites is 1. The summed E-state index contributed by atoms with van der Waals surface area (Å²) < 4.78 is 0. The molecule has 0 radical (unpaired) electrons. The molecule has 5 rings (SSSR count). The van der Waals surface area contributed by atoms with Crippen LogP contribution in [0.25, 0.3) is 17.0 Å². The highest BCUT2D eigenvalue weighted by Crippen LogP contribution is 2.35. The van der Waals surface area contributed by atoms with Gasteiger partial charge in [0.05, 0.1) is 26.2 Å². The minimum absolute atomic E-state index is 0.297. The second kappa shape index (κ2) is 9.14. The van der Waals surface area contributed by atoms with Crippen molar-refractivity contribution in [3.05, 3.63) is 69.2 Å². The SMILES string of the molecule is O=C1N=C(Nc2c(Cl)cccc2Cl)S/C1=C\c1ccc2nccc(NCCC3CC3)c2c1. The number of nitrogens with one attached hydrogen (secondary N) is 2. The molecule has 1 aliphatic carbocycles. The van der Waals surface area contributed by atoms with Gasteiger partial charge in [-0.2, -0.15) is 4.99 Å². The summed E-state index contributed by atoms with van der Waals surface area (Å²) in [6, 6.07) is 13.2. The smallest absolute Gasteiger partial charge is 0.286 e. The van der Waals surface area contributed by atoms with Crippen molar-refractivity contribution in [2.45, 2.75) is 19.3 Å². The lowest BCUT2D eigenvalue weighted by molar-refractivity contribution is -0.113.